The topological polar surface area (TPSA) is 110 Å². The molecule has 1 atom stereocenters. The zero-order chi connectivity index (χ0) is 18.8. The average molecular weight is 366 g/mol. The minimum Gasteiger partial charge on any atom is -0.357 e. The van der Waals surface area contributed by atoms with E-state index >= 15 is 0 Å². The van der Waals surface area contributed by atoms with Gasteiger partial charge in [-0.2, -0.15) is 0 Å². The normalized spacial score (nSPS) is 13.0. The second-order valence-corrected chi connectivity index (χ2v) is 8.15. The molecule has 0 spiro atoms. The monoisotopic (exact) mass is 366 g/mol. The second kappa shape index (κ2) is 7.22. The molecule has 9 heteroatoms. The van der Waals surface area contributed by atoms with Crippen molar-refractivity contribution in [1.29, 1.82) is 0 Å². The summed E-state index contributed by atoms with van der Waals surface area (Å²) in [5.74, 6) is -0.713. The third kappa shape index (κ3) is 4.16. The number of sulfone groups is 1. The van der Waals surface area contributed by atoms with Crippen LogP contribution in [0, 0.1) is 5.92 Å². The summed E-state index contributed by atoms with van der Waals surface area (Å²) in [6, 6.07) is 4.22. The number of aromatic nitrogens is 2. The molecule has 0 saturated carbocycles. The number of carbonyl (C=O) groups excluding carboxylic acids is 2. The molecular weight excluding hydrogens is 344 g/mol. The van der Waals surface area contributed by atoms with Gasteiger partial charge in [0.05, 0.1) is 5.52 Å². The molecule has 2 amide bonds. The van der Waals surface area contributed by atoms with Crippen LogP contribution < -0.4 is 10.6 Å². The third-order valence-corrected chi connectivity index (χ3v) is 4.59. The summed E-state index contributed by atoms with van der Waals surface area (Å²) < 4.78 is 25.2. The van der Waals surface area contributed by atoms with Crippen molar-refractivity contribution in [3.05, 3.63) is 30.1 Å². The summed E-state index contributed by atoms with van der Waals surface area (Å²) in [4.78, 5) is 28.7. The molecule has 0 aliphatic rings. The third-order valence-electron chi connectivity index (χ3n) is 3.64. The van der Waals surface area contributed by atoms with Crippen LogP contribution in [0.3, 0.4) is 0 Å². The van der Waals surface area contributed by atoms with Gasteiger partial charge < -0.3 is 10.6 Å². The molecule has 1 unspecified atom stereocenters. The molecule has 0 fully saturated rings. The second-order valence-electron chi connectivity index (χ2n) is 6.24. The fourth-order valence-electron chi connectivity index (χ4n) is 2.54. The Morgan fingerprint density at radius 1 is 1.28 bits per heavy atom. The molecule has 2 rings (SSSR count). The van der Waals surface area contributed by atoms with Crippen LogP contribution in [0.25, 0.3) is 5.52 Å². The van der Waals surface area contributed by atoms with Gasteiger partial charge >= 0.3 is 0 Å². The van der Waals surface area contributed by atoms with Gasteiger partial charge in [-0.05, 0) is 24.5 Å². The Kier molecular flexibility index (Phi) is 5.46. The number of carbonyl (C=O) groups is 2. The van der Waals surface area contributed by atoms with Gasteiger partial charge in [-0.3, -0.25) is 14.0 Å². The van der Waals surface area contributed by atoms with E-state index in [0.29, 0.717) is 11.9 Å². The molecule has 0 aliphatic carbocycles. The summed E-state index contributed by atoms with van der Waals surface area (Å²) >= 11 is 0. The first kappa shape index (κ1) is 18.9. The molecule has 136 valence electrons. The fourth-order valence-corrected chi connectivity index (χ4v) is 3.32. The summed E-state index contributed by atoms with van der Waals surface area (Å²) in [6.07, 6.45) is 3.01. The van der Waals surface area contributed by atoms with Gasteiger partial charge in [-0.15, -0.1) is 0 Å². The quantitative estimate of drug-likeness (QED) is 0.779. The lowest BCUT2D eigenvalue weighted by Gasteiger charge is -2.18. The van der Waals surface area contributed by atoms with Crippen LogP contribution in [0.2, 0.25) is 0 Å². The molecule has 0 saturated heterocycles. The highest BCUT2D eigenvalue weighted by Gasteiger charge is 2.26. The first-order chi connectivity index (χ1) is 11.6. The van der Waals surface area contributed by atoms with Crippen molar-refractivity contribution in [2.24, 2.45) is 5.92 Å². The fraction of sp³-hybridized carbons (Fsp3) is 0.438. The van der Waals surface area contributed by atoms with Gasteiger partial charge in [0.1, 0.15) is 6.04 Å². The lowest BCUT2D eigenvalue weighted by molar-refractivity contribution is -0.122. The van der Waals surface area contributed by atoms with E-state index in [1.54, 1.807) is 18.2 Å². The molecule has 0 bridgehead atoms. The molecule has 2 heterocycles. The minimum atomic E-state index is -3.62. The zero-order valence-electron chi connectivity index (χ0n) is 14.6. The van der Waals surface area contributed by atoms with Gasteiger partial charge in [0, 0.05) is 19.5 Å². The zero-order valence-corrected chi connectivity index (χ0v) is 15.4. The van der Waals surface area contributed by atoms with Crippen molar-refractivity contribution in [3.8, 4) is 0 Å². The van der Waals surface area contributed by atoms with Gasteiger partial charge in [0.2, 0.25) is 20.9 Å². The van der Waals surface area contributed by atoms with Crippen LogP contribution in [0.4, 0.5) is 0 Å². The van der Waals surface area contributed by atoms with E-state index < -0.39 is 21.8 Å². The van der Waals surface area contributed by atoms with Crippen molar-refractivity contribution in [3.63, 3.8) is 0 Å². The van der Waals surface area contributed by atoms with E-state index in [1.165, 1.54) is 17.6 Å². The lowest BCUT2D eigenvalue weighted by Crippen LogP contribution is -2.46. The van der Waals surface area contributed by atoms with Gasteiger partial charge in [0.25, 0.3) is 5.91 Å². The SMILES string of the molecule is CNC(=O)C(CC(C)C)NC(=O)c1nc(S(C)(=O)=O)n2ccccc12. The summed E-state index contributed by atoms with van der Waals surface area (Å²) in [7, 11) is -2.12. The number of pyridine rings is 1. The lowest BCUT2D eigenvalue weighted by atomic mass is 10.0. The van der Waals surface area contributed by atoms with Crippen molar-refractivity contribution >= 4 is 27.2 Å². The summed E-state index contributed by atoms with van der Waals surface area (Å²) in [6.45, 7) is 3.88. The van der Waals surface area contributed by atoms with Crippen LogP contribution in [-0.4, -0.2) is 49.0 Å². The van der Waals surface area contributed by atoms with E-state index in [-0.39, 0.29) is 22.7 Å². The van der Waals surface area contributed by atoms with E-state index in [9.17, 15) is 18.0 Å². The molecular formula is C16H22N4O4S. The number of rotatable bonds is 6. The van der Waals surface area contributed by atoms with Gasteiger partial charge in [-0.1, -0.05) is 19.9 Å². The molecule has 0 aliphatic heterocycles. The first-order valence-electron chi connectivity index (χ1n) is 7.84. The van der Waals surface area contributed by atoms with E-state index in [2.05, 4.69) is 15.6 Å². The van der Waals surface area contributed by atoms with Crippen molar-refractivity contribution in [2.75, 3.05) is 13.3 Å². The number of hydrogen-bond acceptors (Lipinski definition) is 5. The number of nitrogens with zero attached hydrogens (tertiary/aromatic N) is 2. The maximum absolute atomic E-state index is 12.6. The number of nitrogens with one attached hydrogen (secondary N) is 2. The molecule has 25 heavy (non-hydrogen) atoms. The number of amides is 2. The number of imidazole rings is 1. The molecule has 2 aromatic rings. The van der Waals surface area contributed by atoms with E-state index in [4.69, 9.17) is 0 Å². The minimum absolute atomic E-state index is 0.0290. The van der Waals surface area contributed by atoms with E-state index in [0.717, 1.165) is 6.26 Å². The number of likely N-dealkylation sites (N-methyl/N-ethyl adjacent to an activating group) is 1. The Balaban J connectivity index is 2.44. The molecule has 2 aromatic heterocycles. The highest BCUT2D eigenvalue weighted by atomic mass is 32.2. The number of hydrogen-bond donors (Lipinski definition) is 2. The maximum atomic E-state index is 12.6. The molecule has 8 nitrogen and oxygen atoms in total. The van der Waals surface area contributed by atoms with Crippen molar-refractivity contribution in [1.82, 2.24) is 20.0 Å². The highest BCUT2D eigenvalue weighted by molar-refractivity contribution is 7.90. The largest absolute Gasteiger partial charge is 0.357 e. The molecule has 2 N–H and O–H groups in total. The summed E-state index contributed by atoms with van der Waals surface area (Å²) in [5, 5.41) is 4.96. The Bertz CT molecular complexity index is 902. The Labute approximate surface area is 146 Å². The molecule has 0 radical (unpaired) electrons. The molecule has 0 aromatic carbocycles. The Hall–Kier alpha value is -2.42. The predicted octanol–water partition coefficient (Wildman–Crippen LogP) is 0.628. The smallest absolute Gasteiger partial charge is 0.272 e. The van der Waals surface area contributed by atoms with Crippen LogP contribution in [0.5, 0.6) is 0 Å². The highest BCUT2D eigenvalue weighted by Crippen LogP contribution is 2.17. The average Bonchev–Trinajstić information content (AvgIpc) is 2.93. The van der Waals surface area contributed by atoms with Gasteiger partial charge in [-0.25, -0.2) is 13.4 Å². The standard InChI is InChI=1S/C16H22N4O4S/c1-10(2)9-11(14(21)17-3)18-15(22)13-12-7-5-6-8-20(12)16(19-13)25(4,23)24/h5-8,10-11H,9H2,1-4H3,(H,17,21)(H,18,22). The van der Waals surface area contributed by atoms with Crippen LogP contribution >= 0.6 is 0 Å². The van der Waals surface area contributed by atoms with Gasteiger partial charge in [0.15, 0.2) is 5.69 Å². The Morgan fingerprint density at radius 2 is 1.96 bits per heavy atom. The van der Waals surface area contributed by atoms with Crippen molar-refractivity contribution < 1.29 is 18.0 Å². The van der Waals surface area contributed by atoms with Crippen LogP contribution in [0.15, 0.2) is 29.6 Å². The Morgan fingerprint density at radius 3 is 2.52 bits per heavy atom. The first-order valence-corrected chi connectivity index (χ1v) is 9.74. The van der Waals surface area contributed by atoms with E-state index in [1.807, 2.05) is 13.8 Å². The van der Waals surface area contributed by atoms with Crippen LogP contribution in [0.1, 0.15) is 30.8 Å². The number of fused-ring (bicyclic) bond motifs is 1. The van der Waals surface area contributed by atoms with Crippen LogP contribution in [-0.2, 0) is 14.6 Å². The maximum Gasteiger partial charge on any atom is 0.272 e. The summed E-state index contributed by atoms with van der Waals surface area (Å²) in [5.41, 5.74) is 0.333. The van der Waals surface area contributed by atoms with Crippen molar-refractivity contribution in [2.45, 2.75) is 31.5 Å². The predicted molar refractivity (Wildman–Crippen MR) is 93.1 cm³/mol.